The fourth-order valence-electron chi connectivity index (χ4n) is 2.27. The van der Waals surface area contributed by atoms with Gasteiger partial charge in [-0.05, 0) is 17.0 Å². The van der Waals surface area contributed by atoms with E-state index >= 15 is 0 Å². The second-order valence-electron chi connectivity index (χ2n) is 5.44. The summed E-state index contributed by atoms with van der Waals surface area (Å²) < 4.78 is 0. The Hall–Kier alpha value is -2.29. The lowest BCUT2D eigenvalue weighted by Crippen LogP contribution is -2.39. The molecule has 3 nitrogen and oxygen atoms in total. The molecule has 110 valence electrons. The lowest BCUT2D eigenvalue weighted by Gasteiger charge is -2.23. The Morgan fingerprint density at radius 1 is 0.952 bits per heavy atom. The van der Waals surface area contributed by atoms with Crippen molar-refractivity contribution in [3.8, 4) is 0 Å². The number of carbonyl (C=O) groups is 1. The van der Waals surface area contributed by atoms with Crippen molar-refractivity contribution >= 4 is 6.03 Å². The molecule has 1 unspecified atom stereocenters. The number of carbonyl (C=O) groups excluding carboxylic acids is 1. The maximum absolute atomic E-state index is 12.1. The van der Waals surface area contributed by atoms with E-state index in [1.54, 1.807) is 0 Å². The van der Waals surface area contributed by atoms with E-state index in [9.17, 15) is 4.79 Å². The monoisotopic (exact) mass is 282 g/mol. The second-order valence-corrected chi connectivity index (χ2v) is 5.44. The van der Waals surface area contributed by atoms with Gasteiger partial charge in [0.15, 0.2) is 0 Å². The number of amides is 2. The molecule has 0 aliphatic rings. The molecule has 0 saturated carbocycles. The molecule has 2 N–H and O–H groups in total. The van der Waals surface area contributed by atoms with Gasteiger partial charge in [0.25, 0.3) is 0 Å². The maximum Gasteiger partial charge on any atom is 0.315 e. The van der Waals surface area contributed by atoms with Crippen molar-refractivity contribution in [2.24, 2.45) is 5.92 Å². The van der Waals surface area contributed by atoms with Crippen molar-refractivity contribution in [2.45, 2.75) is 26.4 Å². The van der Waals surface area contributed by atoms with Gasteiger partial charge in [0, 0.05) is 6.54 Å². The van der Waals surface area contributed by atoms with Gasteiger partial charge < -0.3 is 10.6 Å². The predicted molar refractivity (Wildman–Crippen MR) is 85.8 cm³/mol. The fourth-order valence-corrected chi connectivity index (χ4v) is 2.27. The molecule has 0 aliphatic heterocycles. The average Bonchev–Trinajstić information content (AvgIpc) is 2.52. The zero-order chi connectivity index (χ0) is 15.1. The van der Waals surface area contributed by atoms with Crippen molar-refractivity contribution in [3.05, 3.63) is 71.8 Å². The van der Waals surface area contributed by atoms with Crippen LogP contribution in [0.5, 0.6) is 0 Å². The molecule has 2 amide bonds. The summed E-state index contributed by atoms with van der Waals surface area (Å²) >= 11 is 0. The van der Waals surface area contributed by atoms with Crippen molar-refractivity contribution in [3.63, 3.8) is 0 Å². The standard InChI is InChI=1S/C18H22N2O/c1-14(2)17(16-11-7-4-8-12-16)20-18(21)19-13-15-9-5-3-6-10-15/h3-12,14,17H,13H2,1-2H3,(H2,19,20,21). The Labute approximate surface area is 126 Å². The third-order valence-corrected chi connectivity index (χ3v) is 3.41. The zero-order valence-electron chi connectivity index (χ0n) is 12.5. The van der Waals surface area contributed by atoms with Gasteiger partial charge in [-0.2, -0.15) is 0 Å². The van der Waals surface area contributed by atoms with Crippen LogP contribution in [-0.2, 0) is 6.54 Å². The van der Waals surface area contributed by atoms with Crippen LogP contribution < -0.4 is 10.6 Å². The largest absolute Gasteiger partial charge is 0.334 e. The first kappa shape index (κ1) is 15.1. The van der Waals surface area contributed by atoms with E-state index in [1.807, 2.05) is 60.7 Å². The minimum Gasteiger partial charge on any atom is -0.334 e. The summed E-state index contributed by atoms with van der Waals surface area (Å²) in [5, 5.41) is 5.96. The summed E-state index contributed by atoms with van der Waals surface area (Å²) in [5.41, 5.74) is 2.22. The summed E-state index contributed by atoms with van der Waals surface area (Å²) in [5.74, 6) is 0.329. The van der Waals surface area contributed by atoms with Crippen LogP contribution in [0.1, 0.15) is 31.0 Å². The third kappa shape index (κ3) is 4.63. The molecule has 0 radical (unpaired) electrons. The van der Waals surface area contributed by atoms with E-state index < -0.39 is 0 Å². The Balaban J connectivity index is 1.93. The molecule has 0 aromatic heterocycles. The first-order valence-corrected chi connectivity index (χ1v) is 7.30. The molecule has 3 heteroatoms. The van der Waals surface area contributed by atoms with Crippen molar-refractivity contribution in [2.75, 3.05) is 0 Å². The molecule has 2 aromatic rings. The van der Waals surface area contributed by atoms with Gasteiger partial charge in [0.05, 0.1) is 6.04 Å². The summed E-state index contributed by atoms with van der Waals surface area (Å²) in [4.78, 5) is 12.1. The van der Waals surface area contributed by atoms with Gasteiger partial charge in [0.2, 0.25) is 0 Å². The molecule has 0 spiro atoms. The fraction of sp³-hybridized carbons (Fsp3) is 0.278. The third-order valence-electron chi connectivity index (χ3n) is 3.41. The van der Waals surface area contributed by atoms with Crippen LogP contribution in [0.2, 0.25) is 0 Å². The van der Waals surface area contributed by atoms with Crippen molar-refractivity contribution in [1.82, 2.24) is 10.6 Å². The van der Waals surface area contributed by atoms with Crippen LogP contribution in [0.15, 0.2) is 60.7 Å². The minimum absolute atomic E-state index is 0.0157. The Morgan fingerprint density at radius 2 is 1.52 bits per heavy atom. The quantitative estimate of drug-likeness (QED) is 0.858. The van der Waals surface area contributed by atoms with Gasteiger partial charge in [-0.25, -0.2) is 4.79 Å². The first-order valence-electron chi connectivity index (χ1n) is 7.30. The van der Waals surface area contributed by atoms with Gasteiger partial charge in [0.1, 0.15) is 0 Å². The Kier molecular flexibility index (Phi) is 5.38. The second kappa shape index (κ2) is 7.48. The first-order chi connectivity index (χ1) is 10.2. The van der Waals surface area contributed by atoms with E-state index in [1.165, 1.54) is 0 Å². The highest BCUT2D eigenvalue weighted by Gasteiger charge is 2.17. The SMILES string of the molecule is CC(C)C(NC(=O)NCc1ccccc1)c1ccccc1. The van der Waals surface area contributed by atoms with Crippen molar-refractivity contribution < 1.29 is 4.79 Å². The summed E-state index contributed by atoms with van der Waals surface area (Å²) in [6.07, 6.45) is 0. The average molecular weight is 282 g/mol. The highest BCUT2D eigenvalue weighted by molar-refractivity contribution is 5.74. The smallest absolute Gasteiger partial charge is 0.315 e. The van der Waals surface area contributed by atoms with E-state index in [-0.39, 0.29) is 12.1 Å². The number of rotatable bonds is 5. The molecule has 0 saturated heterocycles. The van der Waals surface area contributed by atoms with Gasteiger partial charge >= 0.3 is 6.03 Å². The van der Waals surface area contributed by atoms with E-state index in [0.29, 0.717) is 12.5 Å². The lowest BCUT2D eigenvalue weighted by molar-refractivity contribution is 0.232. The number of hydrogen-bond acceptors (Lipinski definition) is 1. The lowest BCUT2D eigenvalue weighted by atomic mass is 9.96. The molecule has 1 atom stereocenters. The molecule has 2 rings (SSSR count). The molecule has 2 aromatic carbocycles. The van der Waals surface area contributed by atoms with Crippen LogP contribution >= 0.6 is 0 Å². The van der Waals surface area contributed by atoms with Crippen LogP contribution in [0, 0.1) is 5.92 Å². The predicted octanol–water partition coefficient (Wildman–Crippen LogP) is 3.88. The van der Waals surface area contributed by atoms with Gasteiger partial charge in [-0.15, -0.1) is 0 Å². The summed E-state index contributed by atoms with van der Waals surface area (Å²) in [7, 11) is 0. The molecule has 0 aliphatic carbocycles. The van der Waals surface area contributed by atoms with Crippen LogP contribution in [-0.4, -0.2) is 6.03 Å². The summed E-state index contributed by atoms with van der Waals surface area (Å²) in [6, 6.07) is 19.8. The molecule has 0 bridgehead atoms. The van der Waals surface area contributed by atoms with E-state index in [0.717, 1.165) is 11.1 Å². The Bertz CT molecular complexity index is 552. The number of hydrogen-bond donors (Lipinski definition) is 2. The number of benzene rings is 2. The normalized spacial score (nSPS) is 12.0. The molecule has 0 fully saturated rings. The highest BCUT2D eigenvalue weighted by Crippen LogP contribution is 2.20. The number of nitrogens with one attached hydrogen (secondary N) is 2. The van der Waals surface area contributed by atoms with Gasteiger partial charge in [-0.1, -0.05) is 74.5 Å². The van der Waals surface area contributed by atoms with Crippen molar-refractivity contribution in [1.29, 1.82) is 0 Å². The number of urea groups is 1. The minimum atomic E-state index is -0.138. The Morgan fingerprint density at radius 3 is 2.10 bits per heavy atom. The van der Waals surface area contributed by atoms with E-state index in [4.69, 9.17) is 0 Å². The molecule has 21 heavy (non-hydrogen) atoms. The summed E-state index contributed by atoms with van der Waals surface area (Å²) in [6.45, 7) is 4.75. The molecular formula is C18H22N2O. The molecular weight excluding hydrogens is 260 g/mol. The highest BCUT2D eigenvalue weighted by atomic mass is 16.2. The van der Waals surface area contributed by atoms with Crippen LogP contribution in [0.25, 0.3) is 0 Å². The van der Waals surface area contributed by atoms with Crippen LogP contribution in [0.3, 0.4) is 0 Å². The topological polar surface area (TPSA) is 41.1 Å². The van der Waals surface area contributed by atoms with Gasteiger partial charge in [-0.3, -0.25) is 0 Å². The van der Waals surface area contributed by atoms with E-state index in [2.05, 4.69) is 24.5 Å². The maximum atomic E-state index is 12.1. The molecule has 0 heterocycles. The zero-order valence-corrected chi connectivity index (χ0v) is 12.5. The van der Waals surface area contributed by atoms with Crippen LogP contribution in [0.4, 0.5) is 4.79 Å².